The molecule has 0 aliphatic rings. The standard InChI is InChI=1S/C10H13BrFN/c1-7(6-13)5-8-3-2-4-9(12)10(8)11/h2-4,7H,5-6,13H2,1H3. The van der Waals surface area contributed by atoms with Crippen LogP contribution in [0.4, 0.5) is 4.39 Å². The zero-order valence-electron chi connectivity index (χ0n) is 7.56. The van der Waals surface area contributed by atoms with Crippen LogP contribution in [0.2, 0.25) is 0 Å². The highest BCUT2D eigenvalue weighted by Crippen LogP contribution is 2.22. The van der Waals surface area contributed by atoms with Gasteiger partial charge >= 0.3 is 0 Å². The Bertz CT molecular complexity index is 288. The Morgan fingerprint density at radius 1 is 1.54 bits per heavy atom. The molecule has 0 bridgehead atoms. The van der Waals surface area contributed by atoms with E-state index in [2.05, 4.69) is 22.9 Å². The molecule has 0 spiro atoms. The largest absolute Gasteiger partial charge is 0.330 e. The lowest BCUT2D eigenvalue weighted by Crippen LogP contribution is -2.13. The molecule has 1 nitrogen and oxygen atoms in total. The number of hydrogen-bond acceptors (Lipinski definition) is 1. The molecule has 1 aromatic rings. The Morgan fingerprint density at radius 2 is 2.23 bits per heavy atom. The van der Waals surface area contributed by atoms with E-state index in [1.54, 1.807) is 6.07 Å². The lowest BCUT2D eigenvalue weighted by molar-refractivity contribution is 0.579. The Kier molecular flexibility index (Phi) is 3.88. The number of hydrogen-bond donors (Lipinski definition) is 1. The lowest BCUT2D eigenvalue weighted by atomic mass is 10.0. The van der Waals surface area contributed by atoms with Gasteiger partial charge in [0.1, 0.15) is 5.82 Å². The summed E-state index contributed by atoms with van der Waals surface area (Å²) >= 11 is 3.22. The molecule has 0 aliphatic heterocycles. The first-order valence-electron chi connectivity index (χ1n) is 4.28. The summed E-state index contributed by atoms with van der Waals surface area (Å²) in [5, 5.41) is 0. The third-order valence-corrected chi connectivity index (χ3v) is 2.89. The molecule has 1 atom stereocenters. The van der Waals surface area contributed by atoms with Crippen molar-refractivity contribution in [1.82, 2.24) is 0 Å². The molecule has 0 fully saturated rings. The van der Waals surface area contributed by atoms with Crippen LogP contribution in [0.5, 0.6) is 0 Å². The average molecular weight is 246 g/mol. The summed E-state index contributed by atoms with van der Waals surface area (Å²) in [6, 6.07) is 5.08. The lowest BCUT2D eigenvalue weighted by Gasteiger charge is -2.10. The van der Waals surface area contributed by atoms with Crippen molar-refractivity contribution in [2.45, 2.75) is 13.3 Å². The van der Waals surface area contributed by atoms with Gasteiger partial charge in [0.05, 0.1) is 4.47 Å². The highest BCUT2D eigenvalue weighted by Gasteiger charge is 2.07. The van der Waals surface area contributed by atoms with Crippen LogP contribution < -0.4 is 5.73 Å². The van der Waals surface area contributed by atoms with E-state index >= 15 is 0 Å². The van der Waals surface area contributed by atoms with Gasteiger partial charge in [0, 0.05) is 0 Å². The summed E-state index contributed by atoms with van der Waals surface area (Å²) in [6.45, 7) is 2.68. The minimum atomic E-state index is -0.207. The van der Waals surface area contributed by atoms with E-state index < -0.39 is 0 Å². The maximum Gasteiger partial charge on any atom is 0.137 e. The van der Waals surface area contributed by atoms with Crippen molar-refractivity contribution in [2.24, 2.45) is 11.7 Å². The second kappa shape index (κ2) is 4.72. The zero-order valence-corrected chi connectivity index (χ0v) is 9.14. The number of nitrogens with two attached hydrogens (primary N) is 1. The van der Waals surface area contributed by atoms with E-state index in [1.165, 1.54) is 6.07 Å². The quantitative estimate of drug-likeness (QED) is 0.871. The van der Waals surface area contributed by atoms with Crippen LogP contribution >= 0.6 is 15.9 Å². The Morgan fingerprint density at radius 3 is 2.85 bits per heavy atom. The van der Waals surface area contributed by atoms with Gasteiger partial charge in [0.15, 0.2) is 0 Å². The van der Waals surface area contributed by atoms with Gasteiger partial charge in [0.2, 0.25) is 0 Å². The predicted octanol–water partition coefficient (Wildman–Crippen LogP) is 2.73. The first kappa shape index (κ1) is 10.7. The van der Waals surface area contributed by atoms with E-state index in [4.69, 9.17) is 5.73 Å². The maximum atomic E-state index is 13.1. The molecule has 13 heavy (non-hydrogen) atoms. The van der Waals surface area contributed by atoms with Crippen LogP contribution in [0.25, 0.3) is 0 Å². The molecule has 2 N–H and O–H groups in total. The Balaban J connectivity index is 2.83. The summed E-state index contributed by atoms with van der Waals surface area (Å²) in [7, 11) is 0. The highest BCUT2D eigenvalue weighted by molar-refractivity contribution is 9.10. The molecule has 0 saturated carbocycles. The molecule has 1 rings (SSSR count). The first-order valence-corrected chi connectivity index (χ1v) is 5.07. The SMILES string of the molecule is CC(CN)Cc1cccc(F)c1Br. The van der Waals surface area contributed by atoms with Crippen molar-refractivity contribution < 1.29 is 4.39 Å². The summed E-state index contributed by atoms with van der Waals surface area (Å²) in [6.07, 6.45) is 0.814. The van der Waals surface area contributed by atoms with Gasteiger partial charge in [-0.25, -0.2) is 4.39 Å². The van der Waals surface area contributed by atoms with Crippen LogP contribution in [-0.2, 0) is 6.42 Å². The van der Waals surface area contributed by atoms with Gasteiger partial charge < -0.3 is 5.73 Å². The monoisotopic (exact) mass is 245 g/mol. The molecule has 0 amide bonds. The Labute approximate surface area is 86.3 Å². The summed E-state index contributed by atoms with van der Waals surface area (Å²) in [4.78, 5) is 0. The van der Waals surface area contributed by atoms with Gasteiger partial charge in [-0.05, 0) is 46.4 Å². The molecule has 0 aromatic heterocycles. The molecule has 0 radical (unpaired) electrons. The molecule has 72 valence electrons. The number of rotatable bonds is 3. The minimum Gasteiger partial charge on any atom is -0.330 e. The first-order chi connectivity index (χ1) is 6.15. The minimum absolute atomic E-state index is 0.207. The zero-order chi connectivity index (χ0) is 9.84. The summed E-state index contributed by atoms with van der Waals surface area (Å²) in [5.74, 6) is 0.180. The number of halogens is 2. The van der Waals surface area contributed by atoms with Gasteiger partial charge in [-0.15, -0.1) is 0 Å². The number of benzene rings is 1. The predicted molar refractivity (Wildman–Crippen MR) is 56.0 cm³/mol. The van der Waals surface area contributed by atoms with Crippen molar-refractivity contribution in [3.05, 3.63) is 34.1 Å². The van der Waals surface area contributed by atoms with Crippen molar-refractivity contribution in [1.29, 1.82) is 0 Å². The van der Waals surface area contributed by atoms with E-state index in [0.717, 1.165) is 12.0 Å². The molecule has 3 heteroatoms. The van der Waals surface area contributed by atoms with E-state index in [-0.39, 0.29) is 5.82 Å². The van der Waals surface area contributed by atoms with E-state index in [9.17, 15) is 4.39 Å². The van der Waals surface area contributed by atoms with Crippen molar-refractivity contribution in [3.8, 4) is 0 Å². The van der Waals surface area contributed by atoms with Gasteiger partial charge in [-0.1, -0.05) is 19.1 Å². The molecule has 0 heterocycles. The fraction of sp³-hybridized carbons (Fsp3) is 0.400. The molecule has 0 aliphatic carbocycles. The van der Waals surface area contributed by atoms with Gasteiger partial charge in [-0.2, -0.15) is 0 Å². The van der Waals surface area contributed by atoms with Crippen molar-refractivity contribution in [2.75, 3.05) is 6.54 Å². The third kappa shape index (κ3) is 2.78. The molecule has 1 aromatic carbocycles. The van der Waals surface area contributed by atoms with Crippen LogP contribution in [0.1, 0.15) is 12.5 Å². The van der Waals surface area contributed by atoms with Crippen LogP contribution in [0, 0.1) is 11.7 Å². The summed E-state index contributed by atoms with van der Waals surface area (Å²) in [5.41, 5.74) is 6.48. The smallest absolute Gasteiger partial charge is 0.137 e. The molecular formula is C10H13BrFN. The van der Waals surface area contributed by atoms with Crippen LogP contribution in [-0.4, -0.2) is 6.54 Å². The maximum absolute atomic E-state index is 13.1. The summed E-state index contributed by atoms with van der Waals surface area (Å²) < 4.78 is 13.6. The average Bonchev–Trinajstić information content (AvgIpc) is 2.13. The Hall–Kier alpha value is -0.410. The van der Waals surface area contributed by atoms with Gasteiger partial charge in [-0.3, -0.25) is 0 Å². The van der Waals surface area contributed by atoms with Crippen molar-refractivity contribution in [3.63, 3.8) is 0 Å². The molecular weight excluding hydrogens is 233 g/mol. The van der Waals surface area contributed by atoms with Crippen LogP contribution in [0.15, 0.2) is 22.7 Å². The van der Waals surface area contributed by atoms with Gasteiger partial charge in [0.25, 0.3) is 0 Å². The van der Waals surface area contributed by atoms with Crippen molar-refractivity contribution >= 4 is 15.9 Å². The second-order valence-electron chi connectivity index (χ2n) is 3.26. The fourth-order valence-electron chi connectivity index (χ4n) is 1.16. The second-order valence-corrected chi connectivity index (χ2v) is 4.05. The molecule has 0 saturated heterocycles. The normalized spacial score (nSPS) is 12.9. The van der Waals surface area contributed by atoms with E-state index in [1.807, 2.05) is 6.07 Å². The topological polar surface area (TPSA) is 26.0 Å². The molecule has 1 unspecified atom stereocenters. The fourth-order valence-corrected chi connectivity index (χ4v) is 1.59. The van der Waals surface area contributed by atoms with Crippen LogP contribution in [0.3, 0.4) is 0 Å². The third-order valence-electron chi connectivity index (χ3n) is 2.00. The highest BCUT2D eigenvalue weighted by atomic mass is 79.9. The van der Waals surface area contributed by atoms with E-state index in [0.29, 0.717) is 16.9 Å².